The Morgan fingerprint density at radius 3 is 1.53 bits per heavy atom. The number of hydrogen-bond acceptors (Lipinski definition) is 3. The Kier molecular flexibility index (Phi) is 8.42. The Hall–Kier alpha value is -4.02. The number of ketones is 1. The van der Waals surface area contributed by atoms with Crippen LogP contribution in [0.3, 0.4) is 0 Å². The number of carbonyl (C=O) groups excluding carboxylic acids is 2. The molecule has 38 heavy (non-hydrogen) atoms. The molecule has 4 aromatic carbocycles. The van der Waals surface area contributed by atoms with E-state index >= 15 is 0 Å². The minimum absolute atomic E-state index is 0.0515. The SMILES string of the molecule is O=C1CCc2ccccc21.O=C1NCc2ccccc21.c1ccc2c(c1)CCC2.c1ccc2c(c1)CNC2. The predicted octanol–water partition coefficient (Wildman–Crippen LogP) is 6.21. The van der Waals surface area contributed by atoms with Gasteiger partial charge in [0.25, 0.3) is 5.91 Å². The summed E-state index contributed by atoms with van der Waals surface area (Å²) in [6.07, 6.45) is 5.61. The van der Waals surface area contributed by atoms with Crippen LogP contribution in [0.5, 0.6) is 0 Å². The van der Waals surface area contributed by atoms with Crippen molar-refractivity contribution >= 4 is 11.7 Å². The quantitative estimate of drug-likeness (QED) is 0.301. The third-order valence-electron chi connectivity index (χ3n) is 7.40. The first-order chi connectivity index (χ1) is 18.7. The Bertz CT molecular complexity index is 1270. The first-order valence-electron chi connectivity index (χ1n) is 13.5. The van der Waals surface area contributed by atoms with E-state index < -0.39 is 0 Å². The van der Waals surface area contributed by atoms with E-state index in [-0.39, 0.29) is 5.91 Å². The second-order valence-corrected chi connectivity index (χ2v) is 9.91. The molecule has 4 aromatic rings. The number of Topliss-reactive ketones (excluding diaryl/α,β-unsaturated/α-hetero) is 1. The summed E-state index contributed by atoms with van der Waals surface area (Å²) in [5.41, 5.74) is 10.1. The highest BCUT2D eigenvalue weighted by Gasteiger charge is 2.17. The molecule has 0 aromatic heterocycles. The van der Waals surface area contributed by atoms with Gasteiger partial charge in [-0.1, -0.05) is 91.0 Å². The van der Waals surface area contributed by atoms with Crippen LogP contribution < -0.4 is 10.6 Å². The van der Waals surface area contributed by atoms with E-state index in [0.29, 0.717) is 18.7 Å². The lowest BCUT2D eigenvalue weighted by Crippen LogP contribution is -2.12. The molecule has 4 aliphatic rings. The molecule has 8 rings (SSSR count). The summed E-state index contributed by atoms with van der Waals surface area (Å²) in [4.78, 5) is 22.0. The lowest BCUT2D eigenvalue weighted by molar-refractivity contribution is 0.0963. The van der Waals surface area contributed by atoms with Crippen molar-refractivity contribution in [3.8, 4) is 0 Å². The lowest BCUT2D eigenvalue weighted by atomic mass is 10.1. The molecule has 0 radical (unpaired) electrons. The topological polar surface area (TPSA) is 58.2 Å². The van der Waals surface area contributed by atoms with Crippen molar-refractivity contribution in [3.05, 3.63) is 142 Å². The molecule has 0 unspecified atom stereocenters. The van der Waals surface area contributed by atoms with Crippen molar-refractivity contribution in [2.75, 3.05) is 0 Å². The van der Waals surface area contributed by atoms with Gasteiger partial charge in [-0.2, -0.15) is 0 Å². The molecule has 4 nitrogen and oxygen atoms in total. The number of benzene rings is 4. The average molecular weight is 503 g/mol. The Morgan fingerprint density at radius 1 is 0.447 bits per heavy atom. The van der Waals surface area contributed by atoms with Gasteiger partial charge in [0.15, 0.2) is 5.78 Å². The zero-order valence-corrected chi connectivity index (χ0v) is 21.7. The van der Waals surface area contributed by atoms with Gasteiger partial charge in [0.05, 0.1) is 0 Å². The van der Waals surface area contributed by atoms with E-state index in [1.165, 1.54) is 36.0 Å². The maximum absolute atomic E-state index is 11.1. The Morgan fingerprint density at radius 2 is 0.947 bits per heavy atom. The van der Waals surface area contributed by atoms with Crippen molar-refractivity contribution in [2.24, 2.45) is 0 Å². The van der Waals surface area contributed by atoms with Crippen molar-refractivity contribution in [1.82, 2.24) is 10.6 Å². The number of hydrogen-bond donors (Lipinski definition) is 2. The summed E-state index contributed by atoms with van der Waals surface area (Å²) in [5.74, 6) is 0.353. The fraction of sp³-hybridized carbons (Fsp3) is 0.235. The molecule has 0 saturated heterocycles. The maximum atomic E-state index is 11.1. The third kappa shape index (κ3) is 6.27. The highest BCUT2D eigenvalue weighted by molar-refractivity contribution is 6.00. The van der Waals surface area contributed by atoms with E-state index in [0.717, 1.165) is 36.2 Å². The largest absolute Gasteiger partial charge is 0.348 e. The van der Waals surface area contributed by atoms with E-state index in [2.05, 4.69) is 59.2 Å². The van der Waals surface area contributed by atoms with Crippen LogP contribution in [0.25, 0.3) is 0 Å². The minimum Gasteiger partial charge on any atom is -0.348 e. The summed E-state index contributed by atoms with van der Waals surface area (Å²) < 4.78 is 0. The summed E-state index contributed by atoms with van der Waals surface area (Å²) in [7, 11) is 0. The van der Waals surface area contributed by atoms with Crippen LogP contribution in [0.4, 0.5) is 0 Å². The number of nitrogens with one attached hydrogen (secondary N) is 2. The van der Waals surface area contributed by atoms with Crippen LogP contribution in [-0.4, -0.2) is 11.7 Å². The summed E-state index contributed by atoms with van der Waals surface area (Å²) in [6.45, 7) is 2.79. The Balaban J connectivity index is 0.000000103. The standard InChI is InChI=1S/C9H8O.C9H10.C8H7NO.C8H9N/c10-9-6-5-7-3-1-2-4-8(7)9;1-2-5-9-7-3-6-8(9)4-1;10-8-7-4-2-1-3-6(7)5-9-8;1-2-4-8-6-9-5-7(8)3-1/h1-4H,5-6H2;1-2,4-5H,3,6-7H2;1-4H,5H2,(H,9,10);1-4,9H,5-6H2. The number of rotatable bonds is 0. The van der Waals surface area contributed by atoms with Crippen molar-refractivity contribution in [2.45, 2.75) is 51.7 Å². The molecule has 192 valence electrons. The van der Waals surface area contributed by atoms with E-state index in [1.807, 2.05) is 48.5 Å². The first-order valence-corrected chi connectivity index (χ1v) is 13.5. The van der Waals surface area contributed by atoms with Gasteiger partial charge in [-0.3, -0.25) is 9.59 Å². The van der Waals surface area contributed by atoms with Gasteiger partial charge in [0, 0.05) is 37.2 Å². The molecule has 2 aliphatic carbocycles. The molecular formula is C34H34N2O2. The molecule has 2 N–H and O–H groups in total. The maximum Gasteiger partial charge on any atom is 0.251 e. The fourth-order valence-corrected chi connectivity index (χ4v) is 5.31. The third-order valence-corrected chi connectivity index (χ3v) is 7.40. The van der Waals surface area contributed by atoms with Gasteiger partial charge >= 0.3 is 0 Å². The molecule has 0 spiro atoms. The van der Waals surface area contributed by atoms with Crippen molar-refractivity contribution < 1.29 is 9.59 Å². The molecule has 2 heterocycles. The lowest BCUT2D eigenvalue weighted by Gasteiger charge is -1.93. The molecular weight excluding hydrogens is 468 g/mol. The van der Waals surface area contributed by atoms with Crippen molar-refractivity contribution in [3.63, 3.8) is 0 Å². The van der Waals surface area contributed by atoms with Gasteiger partial charge < -0.3 is 10.6 Å². The van der Waals surface area contributed by atoms with Gasteiger partial charge in [-0.15, -0.1) is 0 Å². The highest BCUT2D eigenvalue weighted by atomic mass is 16.2. The monoisotopic (exact) mass is 502 g/mol. The normalized spacial score (nSPS) is 15.3. The van der Waals surface area contributed by atoms with Crippen LogP contribution in [0.15, 0.2) is 97.1 Å². The fourth-order valence-electron chi connectivity index (χ4n) is 5.31. The highest BCUT2D eigenvalue weighted by Crippen LogP contribution is 2.21. The zero-order valence-electron chi connectivity index (χ0n) is 21.7. The van der Waals surface area contributed by atoms with Crippen LogP contribution >= 0.6 is 0 Å². The number of fused-ring (bicyclic) bond motifs is 4. The van der Waals surface area contributed by atoms with Crippen LogP contribution in [0, 0.1) is 0 Å². The van der Waals surface area contributed by atoms with Crippen LogP contribution in [0.1, 0.15) is 66.9 Å². The van der Waals surface area contributed by atoms with Crippen LogP contribution in [-0.2, 0) is 38.9 Å². The van der Waals surface area contributed by atoms with Gasteiger partial charge in [0.1, 0.15) is 0 Å². The summed E-state index contributed by atoms with van der Waals surface area (Å²) >= 11 is 0. The predicted molar refractivity (Wildman–Crippen MR) is 152 cm³/mol. The number of carbonyl (C=O) groups is 2. The second-order valence-electron chi connectivity index (χ2n) is 9.91. The number of amides is 1. The van der Waals surface area contributed by atoms with Crippen LogP contribution in [0.2, 0.25) is 0 Å². The molecule has 0 fully saturated rings. The van der Waals surface area contributed by atoms with Gasteiger partial charge in [-0.25, -0.2) is 0 Å². The Labute approximate surface area is 225 Å². The summed E-state index contributed by atoms with van der Waals surface area (Å²) in [5, 5.41) is 6.03. The second kappa shape index (κ2) is 12.5. The van der Waals surface area contributed by atoms with E-state index in [1.54, 1.807) is 11.1 Å². The van der Waals surface area contributed by atoms with Crippen molar-refractivity contribution in [1.29, 1.82) is 0 Å². The average Bonchev–Trinajstić information content (AvgIpc) is 3.78. The zero-order chi connectivity index (χ0) is 26.2. The molecule has 4 heteroatoms. The molecule has 2 aliphatic heterocycles. The van der Waals surface area contributed by atoms with E-state index in [9.17, 15) is 9.59 Å². The summed E-state index contributed by atoms with van der Waals surface area (Å²) in [6, 6.07) is 32.7. The molecule has 0 bridgehead atoms. The molecule has 0 atom stereocenters. The van der Waals surface area contributed by atoms with Gasteiger partial charge in [0.2, 0.25) is 0 Å². The van der Waals surface area contributed by atoms with Gasteiger partial charge in [-0.05, 0) is 65.1 Å². The smallest absolute Gasteiger partial charge is 0.251 e. The number of aryl methyl sites for hydroxylation is 3. The first kappa shape index (κ1) is 25.6. The molecule has 1 amide bonds. The van der Waals surface area contributed by atoms with E-state index in [4.69, 9.17) is 0 Å². The minimum atomic E-state index is 0.0515. The molecule has 0 saturated carbocycles.